The monoisotopic (exact) mass is 378 g/mol. The van der Waals surface area contributed by atoms with Gasteiger partial charge in [0.05, 0.1) is 17.4 Å². The third-order valence-electron chi connectivity index (χ3n) is 5.20. The normalized spacial score (nSPS) is 19.6. The van der Waals surface area contributed by atoms with E-state index in [2.05, 4.69) is 42.4 Å². The van der Waals surface area contributed by atoms with Crippen LogP contribution >= 0.6 is 0 Å². The molecular weight excluding hydrogens is 359 g/mol. The van der Waals surface area contributed by atoms with Crippen LogP contribution in [0, 0.1) is 0 Å². The number of aromatic nitrogens is 6. The van der Waals surface area contributed by atoms with E-state index in [0.717, 1.165) is 27.9 Å². The van der Waals surface area contributed by atoms with Crippen LogP contribution in [-0.2, 0) is 0 Å². The van der Waals surface area contributed by atoms with Crippen LogP contribution in [0.4, 0.5) is 22.0 Å². The number of fused-ring (bicyclic) bond motifs is 1. The van der Waals surface area contributed by atoms with E-state index in [1.807, 2.05) is 24.3 Å². The number of rotatable bonds is 5. The predicted octanol–water partition coefficient (Wildman–Crippen LogP) is 3.38. The number of imidazole rings is 1. The Morgan fingerprint density at radius 2 is 2.14 bits per heavy atom. The standard InChI is InChI=1S/C19H19FN8/c1-9(10-2-3-14-16(4-10)24-8-23-14)12-7-22-19(21)26-18(12)25-17-6-15(27-28-17)11-5-13(11)20/h2-4,6-9,11,13H,5H2,1H3,(H,23,24)(H4,21,22,25,26,27,28)/t9-,11-,13+/m0/s1. The molecule has 3 atom stereocenters. The van der Waals surface area contributed by atoms with Gasteiger partial charge in [0.2, 0.25) is 5.95 Å². The van der Waals surface area contributed by atoms with Crippen molar-refractivity contribution < 1.29 is 4.39 Å². The van der Waals surface area contributed by atoms with Gasteiger partial charge in [-0.05, 0) is 24.1 Å². The summed E-state index contributed by atoms with van der Waals surface area (Å²) in [5.74, 6) is 1.23. The Morgan fingerprint density at radius 3 is 2.96 bits per heavy atom. The number of nitrogens with zero attached hydrogens (tertiary/aromatic N) is 4. The van der Waals surface area contributed by atoms with Gasteiger partial charge in [0.15, 0.2) is 5.82 Å². The summed E-state index contributed by atoms with van der Waals surface area (Å²) in [6.07, 6.45) is 3.15. The van der Waals surface area contributed by atoms with Crippen molar-refractivity contribution in [2.75, 3.05) is 11.1 Å². The van der Waals surface area contributed by atoms with Crippen molar-refractivity contribution in [3.63, 3.8) is 0 Å². The van der Waals surface area contributed by atoms with Gasteiger partial charge in [-0.15, -0.1) is 0 Å². The van der Waals surface area contributed by atoms with Gasteiger partial charge in [-0.1, -0.05) is 13.0 Å². The number of aromatic amines is 2. The lowest BCUT2D eigenvalue weighted by atomic mass is 9.94. The lowest BCUT2D eigenvalue weighted by molar-refractivity contribution is 0.466. The first kappa shape index (κ1) is 16.7. The van der Waals surface area contributed by atoms with Crippen LogP contribution in [0.25, 0.3) is 11.0 Å². The van der Waals surface area contributed by atoms with Crippen LogP contribution in [0.5, 0.6) is 0 Å². The quantitative estimate of drug-likeness (QED) is 0.422. The van der Waals surface area contributed by atoms with Crippen molar-refractivity contribution in [2.24, 2.45) is 0 Å². The van der Waals surface area contributed by atoms with E-state index in [-0.39, 0.29) is 17.8 Å². The van der Waals surface area contributed by atoms with Crippen molar-refractivity contribution >= 4 is 28.6 Å². The Labute approximate surface area is 159 Å². The van der Waals surface area contributed by atoms with E-state index in [1.54, 1.807) is 12.5 Å². The van der Waals surface area contributed by atoms with Crippen molar-refractivity contribution in [3.8, 4) is 0 Å². The minimum atomic E-state index is -0.782. The highest BCUT2D eigenvalue weighted by molar-refractivity contribution is 5.75. The SMILES string of the molecule is C[C@@H](c1ccc2[nH]cnc2c1)c1cnc(N)nc1Nc1cc([C@H]2C[C@H]2F)[nH]n1. The Kier molecular flexibility index (Phi) is 3.75. The molecule has 1 aromatic carbocycles. The lowest BCUT2D eigenvalue weighted by Gasteiger charge is -2.16. The van der Waals surface area contributed by atoms with E-state index < -0.39 is 6.17 Å². The second-order valence-electron chi connectivity index (χ2n) is 7.12. The third-order valence-corrected chi connectivity index (χ3v) is 5.20. The summed E-state index contributed by atoms with van der Waals surface area (Å²) in [6, 6.07) is 7.90. The fraction of sp³-hybridized carbons (Fsp3) is 0.263. The summed E-state index contributed by atoms with van der Waals surface area (Å²) in [5, 5.41) is 10.3. The van der Waals surface area contributed by atoms with Crippen LogP contribution in [0.3, 0.4) is 0 Å². The Balaban J connectivity index is 1.46. The predicted molar refractivity (Wildman–Crippen MR) is 104 cm³/mol. The number of anilines is 3. The number of hydrogen-bond acceptors (Lipinski definition) is 6. The van der Waals surface area contributed by atoms with E-state index in [1.165, 1.54) is 0 Å². The molecule has 5 rings (SSSR count). The fourth-order valence-corrected chi connectivity index (χ4v) is 3.42. The van der Waals surface area contributed by atoms with Gasteiger partial charge in [0.25, 0.3) is 0 Å². The first-order valence-electron chi connectivity index (χ1n) is 9.10. The topological polar surface area (TPSA) is 121 Å². The minimum absolute atomic E-state index is 0.00117. The molecule has 0 bridgehead atoms. The molecule has 0 amide bonds. The number of nitrogens with one attached hydrogen (secondary N) is 3. The first-order chi connectivity index (χ1) is 13.6. The molecule has 1 fully saturated rings. The van der Waals surface area contributed by atoms with Gasteiger partial charge >= 0.3 is 0 Å². The molecule has 0 unspecified atom stereocenters. The summed E-state index contributed by atoms with van der Waals surface area (Å²) in [6.45, 7) is 2.07. The number of halogens is 1. The van der Waals surface area contributed by atoms with Crippen molar-refractivity contribution in [2.45, 2.75) is 31.4 Å². The van der Waals surface area contributed by atoms with Crippen LogP contribution in [0.1, 0.15) is 42.0 Å². The Bertz CT molecular complexity index is 1150. The van der Waals surface area contributed by atoms with Crippen LogP contribution in [0.15, 0.2) is 36.8 Å². The average Bonchev–Trinajstić information content (AvgIpc) is 3.09. The Hall–Kier alpha value is -3.49. The molecule has 3 heterocycles. The second kappa shape index (κ2) is 6.29. The highest BCUT2D eigenvalue weighted by atomic mass is 19.1. The maximum Gasteiger partial charge on any atom is 0.221 e. The van der Waals surface area contributed by atoms with Gasteiger partial charge in [0, 0.05) is 35.4 Å². The van der Waals surface area contributed by atoms with E-state index in [4.69, 9.17) is 5.73 Å². The number of nitrogens with two attached hydrogens (primary N) is 1. The van der Waals surface area contributed by atoms with Crippen LogP contribution < -0.4 is 11.1 Å². The molecule has 1 aliphatic carbocycles. The summed E-state index contributed by atoms with van der Waals surface area (Å²) < 4.78 is 13.3. The molecule has 0 aliphatic heterocycles. The van der Waals surface area contributed by atoms with Crippen molar-refractivity contribution in [1.82, 2.24) is 30.1 Å². The van der Waals surface area contributed by atoms with Gasteiger partial charge in [-0.2, -0.15) is 10.1 Å². The molecule has 3 aromatic heterocycles. The zero-order valence-electron chi connectivity index (χ0n) is 15.1. The molecular formula is C19H19FN8. The molecule has 0 radical (unpaired) electrons. The highest BCUT2D eigenvalue weighted by Gasteiger charge is 2.40. The summed E-state index contributed by atoms with van der Waals surface area (Å²) in [7, 11) is 0. The summed E-state index contributed by atoms with van der Waals surface area (Å²) in [5.41, 5.74) is 10.4. The molecule has 1 aliphatic rings. The van der Waals surface area contributed by atoms with Crippen LogP contribution in [0.2, 0.25) is 0 Å². The smallest absolute Gasteiger partial charge is 0.221 e. The van der Waals surface area contributed by atoms with Crippen LogP contribution in [-0.4, -0.2) is 36.3 Å². The van der Waals surface area contributed by atoms with Gasteiger partial charge in [-0.25, -0.2) is 14.4 Å². The number of nitrogen functional groups attached to an aromatic ring is 1. The van der Waals surface area contributed by atoms with E-state index >= 15 is 0 Å². The summed E-state index contributed by atoms with van der Waals surface area (Å²) in [4.78, 5) is 15.9. The third kappa shape index (κ3) is 2.94. The summed E-state index contributed by atoms with van der Waals surface area (Å²) >= 11 is 0. The van der Waals surface area contributed by atoms with E-state index in [0.29, 0.717) is 18.1 Å². The second-order valence-corrected chi connectivity index (χ2v) is 7.12. The zero-order valence-corrected chi connectivity index (χ0v) is 15.1. The van der Waals surface area contributed by atoms with Gasteiger partial charge in [-0.3, -0.25) is 5.10 Å². The molecule has 9 heteroatoms. The average molecular weight is 378 g/mol. The molecule has 0 saturated heterocycles. The van der Waals surface area contributed by atoms with Gasteiger partial charge in [0.1, 0.15) is 12.0 Å². The molecule has 0 spiro atoms. The maximum absolute atomic E-state index is 13.3. The molecule has 28 heavy (non-hydrogen) atoms. The van der Waals surface area contributed by atoms with Gasteiger partial charge < -0.3 is 16.0 Å². The molecule has 142 valence electrons. The number of benzene rings is 1. The number of hydrogen-bond donors (Lipinski definition) is 4. The lowest BCUT2D eigenvalue weighted by Crippen LogP contribution is -2.07. The fourth-order valence-electron chi connectivity index (χ4n) is 3.42. The molecule has 8 nitrogen and oxygen atoms in total. The largest absolute Gasteiger partial charge is 0.368 e. The molecule has 1 saturated carbocycles. The van der Waals surface area contributed by atoms with E-state index in [9.17, 15) is 4.39 Å². The minimum Gasteiger partial charge on any atom is -0.368 e. The number of H-pyrrole nitrogens is 2. The first-order valence-corrected chi connectivity index (χ1v) is 9.10. The molecule has 4 aromatic rings. The Morgan fingerprint density at radius 1 is 1.29 bits per heavy atom. The highest BCUT2D eigenvalue weighted by Crippen LogP contribution is 2.43. The zero-order chi connectivity index (χ0) is 19.3. The molecule has 5 N–H and O–H groups in total. The van der Waals surface area contributed by atoms with Crippen molar-refractivity contribution in [3.05, 3.63) is 53.6 Å². The number of alkyl halides is 1. The van der Waals surface area contributed by atoms with Crippen molar-refractivity contribution in [1.29, 1.82) is 0 Å². The maximum atomic E-state index is 13.3.